The van der Waals surface area contributed by atoms with E-state index in [0.29, 0.717) is 11.8 Å². The lowest BCUT2D eigenvalue weighted by atomic mass is 9.77. The highest BCUT2D eigenvalue weighted by Gasteiger charge is 2.31. The van der Waals surface area contributed by atoms with Gasteiger partial charge in [-0.1, -0.05) is 36.8 Å². The molecule has 1 aliphatic carbocycles. The molecular formula is C17H20F3N3. The van der Waals surface area contributed by atoms with E-state index >= 15 is 0 Å². The predicted octanol–water partition coefficient (Wildman–Crippen LogP) is 3.87. The third kappa shape index (κ3) is 4.27. The van der Waals surface area contributed by atoms with Crippen molar-refractivity contribution < 1.29 is 13.2 Å². The van der Waals surface area contributed by atoms with Crippen molar-refractivity contribution in [2.24, 2.45) is 10.9 Å². The van der Waals surface area contributed by atoms with Crippen molar-refractivity contribution in [1.29, 1.82) is 0 Å². The van der Waals surface area contributed by atoms with Crippen molar-refractivity contribution in [3.63, 3.8) is 0 Å². The van der Waals surface area contributed by atoms with Gasteiger partial charge in [0.2, 0.25) is 0 Å². The van der Waals surface area contributed by atoms with Crippen LogP contribution in [0, 0.1) is 5.92 Å². The number of benzene rings is 1. The van der Waals surface area contributed by atoms with Crippen LogP contribution in [0.15, 0.2) is 47.6 Å². The molecule has 1 saturated carbocycles. The van der Waals surface area contributed by atoms with Gasteiger partial charge in [0.05, 0.1) is 6.04 Å². The Morgan fingerprint density at radius 1 is 1.22 bits per heavy atom. The summed E-state index contributed by atoms with van der Waals surface area (Å²) < 4.78 is 37.2. The van der Waals surface area contributed by atoms with Gasteiger partial charge in [-0.3, -0.25) is 0 Å². The summed E-state index contributed by atoms with van der Waals surface area (Å²) in [6, 6.07) is 10.3. The molecule has 1 atom stereocenters. The minimum Gasteiger partial charge on any atom is -0.363 e. The number of hydrogen-bond acceptors (Lipinski definition) is 3. The Hall–Kier alpha value is -1.98. The molecule has 3 nitrogen and oxygen atoms in total. The number of amidine groups is 1. The fourth-order valence-electron chi connectivity index (χ4n) is 2.94. The first kappa shape index (κ1) is 15.9. The van der Waals surface area contributed by atoms with E-state index < -0.39 is 12.7 Å². The molecule has 0 radical (unpaired) electrons. The Kier molecular flexibility index (Phi) is 4.59. The van der Waals surface area contributed by atoms with E-state index in [1.54, 1.807) is 6.08 Å². The van der Waals surface area contributed by atoms with Crippen LogP contribution in [0.5, 0.6) is 0 Å². The molecule has 3 rings (SSSR count). The minimum atomic E-state index is -4.21. The zero-order valence-corrected chi connectivity index (χ0v) is 12.8. The molecule has 0 saturated heterocycles. The van der Waals surface area contributed by atoms with E-state index in [-0.39, 0.29) is 12.7 Å². The molecule has 1 aliphatic heterocycles. The molecule has 0 bridgehead atoms. The van der Waals surface area contributed by atoms with Gasteiger partial charge in [-0.15, -0.1) is 0 Å². The van der Waals surface area contributed by atoms with E-state index in [1.165, 1.54) is 31.0 Å². The summed E-state index contributed by atoms with van der Waals surface area (Å²) >= 11 is 0. The molecule has 1 fully saturated rings. The second-order valence-electron chi connectivity index (χ2n) is 6.09. The normalized spacial score (nSPS) is 20.0. The smallest absolute Gasteiger partial charge is 0.363 e. The molecule has 6 heteroatoms. The van der Waals surface area contributed by atoms with Gasteiger partial charge >= 0.3 is 6.18 Å². The molecule has 0 spiro atoms. The minimum absolute atomic E-state index is 0.0323. The first-order valence-corrected chi connectivity index (χ1v) is 7.86. The maximum atomic E-state index is 12.4. The van der Waals surface area contributed by atoms with E-state index in [9.17, 15) is 13.2 Å². The number of nitrogens with one attached hydrogen (secondary N) is 1. The van der Waals surface area contributed by atoms with Crippen molar-refractivity contribution in [1.82, 2.24) is 10.2 Å². The van der Waals surface area contributed by atoms with Crippen LogP contribution < -0.4 is 5.32 Å². The quantitative estimate of drug-likeness (QED) is 0.911. The third-order valence-corrected chi connectivity index (χ3v) is 4.33. The van der Waals surface area contributed by atoms with Crippen LogP contribution in [0.25, 0.3) is 0 Å². The van der Waals surface area contributed by atoms with Crippen molar-refractivity contribution in [3.05, 3.63) is 48.2 Å². The summed E-state index contributed by atoms with van der Waals surface area (Å²) in [5, 5.41) is 3.41. The maximum Gasteiger partial charge on any atom is 0.405 e. The zero-order valence-electron chi connectivity index (χ0n) is 12.8. The topological polar surface area (TPSA) is 27.6 Å². The predicted molar refractivity (Wildman–Crippen MR) is 83.9 cm³/mol. The second kappa shape index (κ2) is 6.64. The summed E-state index contributed by atoms with van der Waals surface area (Å²) in [5.41, 5.74) is 1.20. The second-order valence-corrected chi connectivity index (χ2v) is 6.09. The van der Waals surface area contributed by atoms with Crippen LogP contribution in [0.2, 0.25) is 0 Å². The van der Waals surface area contributed by atoms with Gasteiger partial charge in [0.25, 0.3) is 0 Å². The molecular weight excluding hydrogens is 303 g/mol. The largest absolute Gasteiger partial charge is 0.405 e. The third-order valence-electron chi connectivity index (χ3n) is 4.33. The monoisotopic (exact) mass is 323 g/mol. The SMILES string of the molecule is FC(F)(F)CN1C=CC(N[C@H](c2ccccc2)C2CCC2)=NC1. The van der Waals surface area contributed by atoms with Gasteiger partial charge in [-0.2, -0.15) is 13.2 Å². The summed E-state index contributed by atoms with van der Waals surface area (Å²) in [6.45, 7) is -0.935. The fourth-order valence-corrected chi connectivity index (χ4v) is 2.94. The molecule has 1 N–H and O–H groups in total. The number of nitrogens with zero attached hydrogens (tertiary/aromatic N) is 2. The van der Waals surface area contributed by atoms with Crippen molar-refractivity contribution in [2.75, 3.05) is 13.2 Å². The lowest BCUT2D eigenvalue weighted by Gasteiger charge is -2.36. The number of alkyl halides is 3. The van der Waals surface area contributed by atoms with E-state index in [0.717, 1.165) is 4.90 Å². The Morgan fingerprint density at radius 2 is 1.96 bits per heavy atom. The summed E-state index contributed by atoms with van der Waals surface area (Å²) in [7, 11) is 0. The van der Waals surface area contributed by atoms with Gasteiger partial charge < -0.3 is 10.2 Å². The van der Waals surface area contributed by atoms with Crippen LogP contribution in [-0.2, 0) is 0 Å². The Morgan fingerprint density at radius 3 is 2.48 bits per heavy atom. The highest BCUT2D eigenvalue weighted by atomic mass is 19.4. The average Bonchev–Trinajstić information content (AvgIpc) is 2.46. The van der Waals surface area contributed by atoms with Gasteiger partial charge in [-0.25, -0.2) is 4.99 Å². The summed E-state index contributed by atoms with van der Waals surface area (Å²) in [6.07, 6.45) is 2.46. The summed E-state index contributed by atoms with van der Waals surface area (Å²) in [4.78, 5) is 5.40. The van der Waals surface area contributed by atoms with E-state index in [2.05, 4.69) is 22.4 Å². The average molecular weight is 323 g/mol. The van der Waals surface area contributed by atoms with Crippen LogP contribution >= 0.6 is 0 Å². The molecule has 0 unspecified atom stereocenters. The van der Waals surface area contributed by atoms with Crippen LogP contribution in [0.1, 0.15) is 30.9 Å². The van der Waals surface area contributed by atoms with Crippen LogP contribution in [-0.4, -0.2) is 30.1 Å². The molecule has 1 aromatic rings. The highest BCUT2D eigenvalue weighted by molar-refractivity contribution is 5.93. The molecule has 1 heterocycles. The zero-order chi connectivity index (χ0) is 16.3. The first-order chi connectivity index (χ1) is 11.0. The lowest BCUT2D eigenvalue weighted by Crippen LogP contribution is -2.39. The van der Waals surface area contributed by atoms with Crippen molar-refractivity contribution in [2.45, 2.75) is 31.5 Å². The Labute approximate surface area is 133 Å². The standard InChI is InChI=1S/C17H20F3N3/c18-17(19,20)11-23-10-9-15(21-12-23)22-16(14-7-4-8-14)13-5-2-1-3-6-13/h1-3,5-6,9-10,14,16H,4,7-8,11-12H2,(H,21,22)/t16-/m1/s1. The molecule has 0 aromatic heterocycles. The number of halogens is 3. The van der Waals surface area contributed by atoms with Crippen molar-refractivity contribution >= 4 is 5.84 Å². The number of rotatable bonds is 4. The van der Waals surface area contributed by atoms with Gasteiger partial charge in [0, 0.05) is 6.20 Å². The number of aliphatic imine (C=N–C) groups is 1. The molecule has 2 aliphatic rings. The summed E-state index contributed by atoms with van der Waals surface area (Å²) in [5.74, 6) is 1.21. The van der Waals surface area contributed by atoms with E-state index in [1.807, 2.05) is 18.2 Å². The molecule has 0 amide bonds. The van der Waals surface area contributed by atoms with Crippen molar-refractivity contribution in [3.8, 4) is 0 Å². The number of hydrogen-bond donors (Lipinski definition) is 1. The lowest BCUT2D eigenvalue weighted by molar-refractivity contribution is -0.140. The van der Waals surface area contributed by atoms with Crippen LogP contribution in [0.4, 0.5) is 13.2 Å². The fraction of sp³-hybridized carbons (Fsp3) is 0.471. The molecule has 1 aromatic carbocycles. The van der Waals surface area contributed by atoms with Gasteiger partial charge in [0.1, 0.15) is 19.0 Å². The van der Waals surface area contributed by atoms with Crippen LogP contribution in [0.3, 0.4) is 0 Å². The van der Waals surface area contributed by atoms with E-state index in [4.69, 9.17) is 0 Å². The maximum absolute atomic E-state index is 12.4. The van der Waals surface area contributed by atoms with Gasteiger partial charge in [-0.05, 0) is 30.4 Å². The van der Waals surface area contributed by atoms with Gasteiger partial charge in [0.15, 0.2) is 0 Å². The first-order valence-electron chi connectivity index (χ1n) is 7.86. The molecule has 124 valence electrons. The Bertz CT molecular complexity index is 576. The molecule has 23 heavy (non-hydrogen) atoms. The Balaban J connectivity index is 1.64. The highest BCUT2D eigenvalue weighted by Crippen LogP contribution is 2.37.